The highest BCUT2D eigenvalue weighted by atomic mass is 35.5. The van der Waals surface area contributed by atoms with Gasteiger partial charge in [0.05, 0.1) is 13.2 Å². The number of carbonyl (C=O) groups is 2. The largest absolute Gasteiger partial charge is 0.461 e. The number of carbonyl (C=O) groups excluding carboxylic acids is 2. The minimum Gasteiger partial charge on any atom is -0.461 e. The highest BCUT2D eigenvalue weighted by Gasteiger charge is 2.32. The van der Waals surface area contributed by atoms with Crippen LogP contribution in [-0.2, 0) is 16.1 Å². The monoisotopic (exact) mass is 394 g/mol. The molecule has 0 saturated carbocycles. The van der Waals surface area contributed by atoms with Crippen LogP contribution in [0.15, 0.2) is 35.7 Å². The van der Waals surface area contributed by atoms with E-state index in [0.717, 1.165) is 5.56 Å². The molecule has 2 aromatic rings. The Bertz CT molecular complexity index is 756. The number of aromatic nitrogens is 1. The van der Waals surface area contributed by atoms with Gasteiger partial charge < -0.3 is 9.64 Å². The van der Waals surface area contributed by atoms with Crippen LogP contribution in [0, 0.1) is 0 Å². The first-order valence-electron chi connectivity index (χ1n) is 8.36. The van der Waals surface area contributed by atoms with Crippen molar-refractivity contribution in [3.05, 3.63) is 52.0 Å². The summed E-state index contributed by atoms with van der Waals surface area (Å²) in [5.74, 6) is -0.651. The van der Waals surface area contributed by atoms with Crippen LogP contribution < -0.4 is 0 Å². The third kappa shape index (κ3) is 5.05. The van der Waals surface area contributed by atoms with E-state index in [-0.39, 0.29) is 18.1 Å². The zero-order chi connectivity index (χ0) is 19.3. The first kappa shape index (κ1) is 20.4. The van der Waals surface area contributed by atoms with E-state index < -0.39 is 16.9 Å². The predicted octanol–water partition coefficient (Wildman–Crippen LogP) is 4.43. The minimum atomic E-state index is -0.778. The molecule has 1 aromatic carbocycles. The second-order valence-electron chi connectivity index (χ2n) is 6.72. The van der Waals surface area contributed by atoms with E-state index in [2.05, 4.69) is 4.98 Å². The Hall–Kier alpha value is -1.92. The summed E-state index contributed by atoms with van der Waals surface area (Å²) in [7, 11) is 0. The van der Waals surface area contributed by atoms with Gasteiger partial charge in [-0.05, 0) is 33.3 Å². The first-order valence-corrected chi connectivity index (χ1v) is 9.67. The summed E-state index contributed by atoms with van der Waals surface area (Å²) in [5, 5.41) is 1.53. The van der Waals surface area contributed by atoms with Crippen molar-refractivity contribution >= 4 is 34.8 Å². The molecule has 1 amide bonds. The Morgan fingerprint density at radius 2 is 1.92 bits per heavy atom. The van der Waals surface area contributed by atoms with Crippen molar-refractivity contribution in [2.45, 2.75) is 45.2 Å². The van der Waals surface area contributed by atoms with Crippen LogP contribution in [0.4, 0.5) is 0 Å². The van der Waals surface area contributed by atoms with Gasteiger partial charge in [0.2, 0.25) is 5.91 Å². The summed E-state index contributed by atoms with van der Waals surface area (Å²) in [6, 6.07) is 9.25. The van der Waals surface area contributed by atoms with E-state index in [1.54, 1.807) is 17.2 Å². The van der Waals surface area contributed by atoms with Gasteiger partial charge in [-0.1, -0.05) is 30.3 Å². The maximum Gasteiger partial charge on any atom is 0.357 e. The Kier molecular flexibility index (Phi) is 6.78. The van der Waals surface area contributed by atoms with Gasteiger partial charge in [-0.25, -0.2) is 9.78 Å². The molecule has 0 bridgehead atoms. The number of ether oxygens (including phenoxy) is 1. The second-order valence-corrected chi connectivity index (χ2v) is 8.09. The molecule has 0 aliphatic heterocycles. The van der Waals surface area contributed by atoms with E-state index >= 15 is 0 Å². The zero-order valence-electron chi connectivity index (χ0n) is 15.4. The summed E-state index contributed by atoms with van der Waals surface area (Å²) in [6.07, 6.45) is 0. The highest BCUT2D eigenvalue weighted by molar-refractivity contribution is 7.09. The lowest BCUT2D eigenvalue weighted by molar-refractivity contribution is -0.136. The molecule has 2 rings (SSSR count). The van der Waals surface area contributed by atoms with Gasteiger partial charge >= 0.3 is 5.97 Å². The molecule has 7 heteroatoms. The van der Waals surface area contributed by atoms with Gasteiger partial charge in [0, 0.05) is 10.9 Å². The predicted molar refractivity (Wildman–Crippen MR) is 103 cm³/mol. The Morgan fingerprint density at radius 1 is 1.27 bits per heavy atom. The number of halogens is 1. The maximum absolute atomic E-state index is 13.0. The van der Waals surface area contributed by atoms with Crippen molar-refractivity contribution in [1.29, 1.82) is 0 Å². The Morgan fingerprint density at radius 3 is 2.50 bits per heavy atom. The van der Waals surface area contributed by atoms with E-state index in [4.69, 9.17) is 16.3 Å². The number of hydrogen-bond donors (Lipinski definition) is 0. The van der Waals surface area contributed by atoms with Crippen LogP contribution in [0.3, 0.4) is 0 Å². The molecule has 0 radical (unpaired) electrons. The van der Waals surface area contributed by atoms with Crippen LogP contribution >= 0.6 is 22.9 Å². The third-order valence-corrected chi connectivity index (χ3v) is 4.99. The fourth-order valence-electron chi connectivity index (χ4n) is 2.36. The number of nitrogens with zero attached hydrogens (tertiary/aromatic N) is 2. The van der Waals surface area contributed by atoms with Gasteiger partial charge in [0.25, 0.3) is 0 Å². The average molecular weight is 395 g/mol. The van der Waals surface area contributed by atoms with Crippen molar-refractivity contribution in [1.82, 2.24) is 9.88 Å². The summed E-state index contributed by atoms with van der Waals surface area (Å²) in [5.41, 5.74) is 0.563. The second kappa shape index (κ2) is 8.64. The van der Waals surface area contributed by atoms with Gasteiger partial charge in [0.15, 0.2) is 5.69 Å². The molecule has 0 aliphatic rings. The molecule has 1 aromatic heterocycles. The highest BCUT2D eigenvalue weighted by Crippen LogP contribution is 2.28. The SMILES string of the molecule is CCOC(=O)c1csc(CN(C(=O)[C@@H](Cl)c2ccccc2)C(C)(C)C)n1. The van der Waals surface area contributed by atoms with Crippen molar-refractivity contribution in [2.24, 2.45) is 0 Å². The molecule has 1 atom stereocenters. The van der Waals surface area contributed by atoms with Crippen molar-refractivity contribution in [3.8, 4) is 0 Å². The number of benzene rings is 1. The Labute approximate surface area is 162 Å². The summed E-state index contributed by atoms with van der Waals surface area (Å²) >= 11 is 7.76. The molecule has 140 valence electrons. The average Bonchev–Trinajstić information content (AvgIpc) is 3.07. The number of alkyl halides is 1. The molecule has 0 fully saturated rings. The van der Waals surface area contributed by atoms with Crippen molar-refractivity contribution in [2.75, 3.05) is 6.61 Å². The van der Waals surface area contributed by atoms with Crippen molar-refractivity contribution < 1.29 is 14.3 Å². The first-order chi connectivity index (χ1) is 12.2. The molecule has 0 saturated heterocycles. The molecule has 0 aliphatic carbocycles. The quantitative estimate of drug-likeness (QED) is 0.537. The maximum atomic E-state index is 13.0. The minimum absolute atomic E-state index is 0.196. The van der Waals surface area contributed by atoms with Crippen LogP contribution in [0.2, 0.25) is 0 Å². The summed E-state index contributed by atoms with van der Waals surface area (Å²) < 4.78 is 4.96. The third-order valence-electron chi connectivity index (χ3n) is 3.71. The standard InChI is InChI=1S/C19H23ClN2O3S/c1-5-25-18(24)14-12-26-15(21-14)11-22(19(2,3)4)17(23)16(20)13-9-7-6-8-10-13/h6-10,12,16H,5,11H2,1-4H3/t16-/m0/s1. The number of hydrogen-bond acceptors (Lipinski definition) is 5. The molecular formula is C19H23ClN2O3S. The lowest BCUT2D eigenvalue weighted by Crippen LogP contribution is -2.46. The van der Waals surface area contributed by atoms with Gasteiger partial charge in [-0.15, -0.1) is 22.9 Å². The van der Waals surface area contributed by atoms with Crippen LogP contribution in [-0.4, -0.2) is 33.9 Å². The molecule has 5 nitrogen and oxygen atoms in total. The molecule has 1 heterocycles. The lowest BCUT2D eigenvalue weighted by atomic mass is 10.0. The van der Waals surface area contributed by atoms with Crippen LogP contribution in [0.5, 0.6) is 0 Å². The van der Waals surface area contributed by atoms with Crippen molar-refractivity contribution in [3.63, 3.8) is 0 Å². The summed E-state index contributed by atoms with van der Waals surface area (Å²) in [6.45, 7) is 8.15. The number of thiazole rings is 1. The van der Waals surface area contributed by atoms with Crippen LogP contribution in [0.1, 0.15) is 54.1 Å². The van der Waals surface area contributed by atoms with Crippen LogP contribution in [0.25, 0.3) is 0 Å². The van der Waals surface area contributed by atoms with E-state index in [0.29, 0.717) is 11.6 Å². The molecule has 0 spiro atoms. The lowest BCUT2D eigenvalue weighted by Gasteiger charge is -2.36. The van der Waals surface area contributed by atoms with Gasteiger partial charge in [0.1, 0.15) is 10.4 Å². The fraction of sp³-hybridized carbons (Fsp3) is 0.421. The molecule has 26 heavy (non-hydrogen) atoms. The number of amides is 1. The normalized spacial score (nSPS) is 12.5. The van der Waals surface area contributed by atoms with Gasteiger partial charge in [-0.3, -0.25) is 4.79 Å². The topological polar surface area (TPSA) is 59.5 Å². The summed E-state index contributed by atoms with van der Waals surface area (Å²) in [4.78, 5) is 30.8. The van der Waals surface area contributed by atoms with Gasteiger partial charge in [-0.2, -0.15) is 0 Å². The smallest absolute Gasteiger partial charge is 0.357 e. The van der Waals surface area contributed by atoms with E-state index in [1.807, 2.05) is 51.1 Å². The Balaban J connectivity index is 2.21. The molecule has 0 N–H and O–H groups in total. The fourth-order valence-corrected chi connectivity index (χ4v) is 3.38. The van der Waals surface area contributed by atoms with E-state index in [1.165, 1.54) is 11.3 Å². The molecular weight excluding hydrogens is 372 g/mol. The molecule has 0 unspecified atom stereocenters. The van der Waals surface area contributed by atoms with E-state index in [9.17, 15) is 9.59 Å². The zero-order valence-corrected chi connectivity index (χ0v) is 16.9. The number of rotatable bonds is 6. The number of esters is 1.